The van der Waals surface area contributed by atoms with E-state index in [-0.39, 0.29) is 17.3 Å². The van der Waals surface area contributed by atoms with Gasteiger partial charge in [0.05, 0.1) is 5.56 Å². The van der Waals surface area contributed by atoms with Crippen LogP contribution in [0.1, 0.15) is 40.6 Å². The fourth-order valence-corrected chi connectivity index (χ4v) is 3.84. The molecule has 0 spiro atoms. The molecule has 0 radical (unpaired) electrons. The van der Waals surface area contributed by atoms with Gasteiger partial charge in [0.1, 0.15) is 18.2 Å². The van der Waals surface area contributed by atoms with E-state index in [2.05, 4.69) is 26.7 Å². The van der Waals surface area contributed by atoms with Crippen molar-refractivity contribution >= 4 is 29.0 Å². The summed E-state index contributed by atoms with van der Waals surface area (Å²) < 4.78 is 0. The number of nitrogens with one attached hydrogen (secondary N) is 1. The van der Waals surface area contributed by atoms with E-state index >= 15 is 0 Å². The van der Waals surface area contributed by atoms with Crippen LogP contribution in [-0.4, -0.2) is 39.3 Å². The van der Waals surface area contributed by atoms with Gasteiger partial charge in [-0.1, -0.05) is 13.3 Å². The van der Waals surface area contributed by atoms with Crippen molar-refractivity contribution < 1.29 is 9.59 Å². The first-order valence-corrected chi connectivity index (χ1v) is 9.18. The first kappa shape index (κ1) is 17.3. The van der Waals surface area contributed by atoms with Gasteiger partial charge in [-0.05, 0) is 29.9 Å². The van der Waals surface area contributed by atoms with Crippen molar-refractivity contribution in [1.29, 1.82) is 0 Å². The Morgan fingerprint density at radius 2 is 2.32 bits per heavy atom. The molecule has 0 unspecified atom stereocenters. The molecule has 0 fully saturated rings. The summed E-state index contributed by atoms with van der Waals surface area (Å²) in [7, 11) is 0. The van der Waals surface area contributed by atoms with Crippen LogP contribution in [0.15, 0.2) is 24.0 Å². The lowest BCUT2D eigenvalue weighted by Gasteiger charge is -2.31. The summed E-state index contributed by atoms with van der Waals surface area (Å²) in [5.74, 6) is -0.364. The molecule has 2 aromatic heterocycles. The average molecular weight is 359 g/mol. The maximum Gasteiger partial charge on any atom is 0.257 e. The van der Waals surface area contributed by atoms with Crippen molar-refractivity contribution in [2.24, 2.45) is 0 Å². The number of thiophene rings is 1. The predicted molar refractivity (Wildman–Crippen MR) is 96.0 cm³/mol. The van der Waals surface area contributed by atoms with Crippen molar-refractivity contribution in [3.8, 4) is 0 Å². The largest absolute Gasteiger partial charge is 0.383 e. The smallest absolute Gasteiger partial charge is 0.257 e. The fourth-order valence-electron chi connectivity index (χ4n) is 2.95. The number of carbonyl (C=O) groups excluding carboxylic acids is 2. The number of nitrogens with two attached hydrogens (primary N) is 1. The van der Waals surface area contributed by atoms with Gasteiger partial charge >= 0.3 is 0 Å². The maximum atomic E-state index is 12.9. The van der Waals surface area contributed by atoms with E-state index in [1.54, 1.807) is 11.3 Å². The molecule has 3 heterocycles. The van der Waals surface area contributed by atoms with Crippen molar-refractivity contribution in [3.63, 3.8) is 0 Å². The number of fused-ring (bicyclic) bond motifs is 1. The molecule has 1 aliphatic heterocycles. The molecule has 25 heavy (non-hydrogen) atoms. The second-order valence-corrected chi connectivity index (χ2v) is 7.02. The molecule has 0 aliphatic carbocycles. The second-order valence-electron chi connectivity index (χ2n) is 6.02. The minimum absolute atomic E-state index is 0.0533. The number of rotatable bonds is 5. The van der Waals surface area contributed by atoms with Crippen LogP contribution in [0.4, 0.5) is 5.82 Å². The number of hydrogen-bond acceptors (Lipinski definition) is 6. The van der Waals surface area contributed by atoms with E-state index in [9.17, 15) is 9.59 Å². The summed E-state index contributed by atoms with van der Waals surface area (Å²) in [6.45, 7) is 3.27. The Hall–Kier alpha value is -2.48. The van der Waals surface area contributed by atoms with Gasteiger partial charge in [-0.3, -0.25) is 9.59 Å². The highest BCUT2D eigenvalue weighted by Crippen LogP contribution is 2.24. The van der Waals surface area contributed by atoms with Crippen LogP contribution >= 0.6 is 11.3 Å². The lowest BCUT2D eigenvalue weighted by Crippen LogP contribution is -2.49. The van der Waals surface area contributed by atoms with Crippen LogP contribution in [0.3, 0.4) is 0 Å². The van der Waals surface area contributed by atoms with E-state index in [1.807, 2.05) is 11.8 Å². The second kappa shape index (κ2) is 7.60. The third-order valence-electron chi connectivity index (χ3n) is 4.29. The summed E-state index contributed by atoms with van der Waals surface area (Å²) >= 11 is 1.73. The molecule has 1 aliphatic rings. The summed E-state index contributed by atoms with van der Waals surface area (Å²) in [4.78, 5) is 36.2. The highest BCUT2D eigenvalue weighted by Gasteiger charge is 2.29. The number of nitrogens with zero attached hydrogens (tertiary/aromatic N) is 3. The van der Waals surface area contributed by atoms with Gasteiger partial charge in [-0.15, -0.1) is 11.3 Å². The zero-order chi connectivity index (χ0) is 17.8. The molecule has 0 aromatic carbocycles. The van der Waals surface area contributed by atoms with Gasteiger partial charge in [-0.2, -0.15) is 0 Å². The first-order chi connectivity index (χ1) is 12.1. The Labute approximate surface area is 150 Å². The average Bonchev–Trinajstić information content (AvgIpc) is 3.08. The molecule has 0 saturated carbocycles. The zero-order valence-corrected chi connectivity index (χ0v) is 14.9. The Morgan fingerprint density at radius 3 is 3.08 bits per heavy atom. The van der Waals surface area contributed by atoms with Crippen LogP contribution in [0.25, 0.3) is 0 Å². The molecule has 3 rings (SSSR count). The van der Waals surface area contributed by atoms with E-state index in [0.29, 0.717) is 19.5 Å². The third kappa shape index (κ3) is 3.79. The highest BCUT2D eigenvalue weighted by molar-refractivity contribution is 7.10. The maximum absolute atomic E-state index is 12.9. The van der Waals surface area contributed by atoms with Crippen LogP contribution in [-0.2, 0) is 17.8 Å². The summed E-state index contributed by atoms with van der Waals surface area (Å²) in [5.41, 5.74) is 7.12. The van der Waals surface area contributed by atoms with Gasteiger partial charge in [0.25, 0.3) is 5.91 Å². The number of carbonyl (C=O) groups is 2. The van der Waals surface area contributed by atoms with E-state index in [0.717, 1.165) is 12.8 Å². The third-order valence-corrected chi connectivity index (χ3v) is 5.31. The van der Waals surface area contributed by atoms with Crippen LogP contribution in [0.5, 0.6) is 0 Å². The van der Waals surface area contributed by atoms with Gasteiger partial charge in [0.15, 0.2) is 0 Å². The molecule has 132 valence electrons. The zero-order valence-electron chi connectivity index (χ0n) is 14.1. The lowest BCUT2D eigenvalue weighted by atomic mass is 10.1. The van der Waals surface area contributed by atoms with Crippen molar-refractivity contribution in [2.75, 3.05) is 12.3 Å². The van der Waals surface area contributed by atoms with Crippen molar-refractivity contribution in [2.45, 2.75) is 38.8 Å². The van der Waals surface area contributed by atoms with E-state index in [4.69, 9.17) is 5.73 Å². The predicted octanol–water partition coefficient (Wildman–Crippen LogP) is 1.60. The number of amides is 2. The fraction of sp³-hybridized carbons (Fsp3) is 0.412. The molecule has 0 bridgehead atoms. The van der Waals surface area contributed by atoms with Gasteiger partial charge in [0.2, 0.25) is 5.91 Å². The van der Waals surface area contributed by atoms with Crippen molar-refractivity contribution in [3.05, 3.63) is 40.0 Å². The highest BCUT2D eigenvalue weighted by atomic mass is 32.1. The van der Waals surface area contributed by atoms with E-state index in [1.165, 1.54) is 23.0 Å². The van der Waals surface area contributed by atoms with Crippen LogP contribution in [0, 0.1) is 0 Å². The number of aromatic nitrogens is 2. The Kier molecular flexibility index (Phi) is 5.28. The monoisotopic (exact) mass is 359 g/mol. The summed E-state index contributed by atoms with van der Waals surface area (Å²) in [6.07, 6.45) is 4.88. The molecule has 2 amide bonds. The molecule has 8 heteroatoms. The van der Waals surface area contributed by atoms with Gasteiger partial charge < -0.3 is 16.0 Å². The molecule has 2 aromatic rings. The normalized spacial score (nSPS) is 14.7. The summed E-state index contributed by atoms with van der Waals surface area (Å²) in [6, 6.07) is 1.49. The molecule has 0 saturated heterocycles. The number of anilines is 1. The standard InChI is InChI=1S/C17H21N5O2S/c1-2-3-13(21-16(23)12-8-19-10-20-15(12)18)17(24)22-6-4-14-11(9-22)5-7-25-14/h5,7-8,10,13H,2-4,6,9H2,1H3,(H,21,23)(H2,18,19,20)/t13-/m0/s1. The first-order valence-electron chi connectivity index (χ1n) is 8.30. The van der Waals surface area contributed by atoms with E-state index < -0.39 is 11.9 Å². The minimum atomic E-state index is -0.572. The van der Waals surface area contributed by atoms with Crippen molar-refractivity contribution in [1.82, 2.24) is 20.2 Å². The molecular weight excluding hydrogens is 338 g/mol. The van der Waals surface area contributed by atoms with Gasteiger partial charge in [0, 0.05) is 24.2 Å². The SMILES string of the molecule is CCC[C@H](NC(=O)c1cncnc1N)C(=O)N1CCc2sccc2C1. The van der Waals surface area contributed by atoms with Crippen LogP contribution < -0.4 is 11.1 Å². The molecular formula is C17H21N5O2S. The van der Waals surface area contributed by atoms with Crippen LogP contribution in [0.2, 0.25) is 0 Å². The Morgan fingerprint density at radius 1 is 1.48 bits per heavy atom. The molecule has 7 nitrogen and oxygen atoms in total. The minimum Gasteiger partial charge on any atom is -0.383 e. The molecule has 3 N–H and O–H groups in total. The number of hydrogen-bond donors (Lipinski definition) is 2. The topological polar surface area (TPSA) is 101 Å². The Bertz CT molecular complexity index is 776. The summed E-state index contributed by atoms with van der Waals surface area (Å²) in [5, 5.41) is 4.86. The lowest BCUT2D eigenvalue weighted by molar-refractivity contribution is -0.134. The Balaban J connectivity index is 1.71. The molecule has 1 atom stereocenters. The van der Waals surface area contributed by atoms with Gasteiger partial charge in [-0.25, -0.2) is 9.97 Å². The quantitative estimate of drug-likeness (QED) is 0.844. The number of nitrogen functional groups attached to an aromatic ring is 1.